The van der Waals surface area contributed by atoms with Gasteiger partial charge >= 0.3 is 0 Å². The molecule has 2 fully saturated rings. The van der Waals surface area contributed by atoms with Gasteiger partial charge in [0.05, 0.1) is 5.60 Å². The van der Waals surface area contributed by atoms with Crippen molar-refractivity contribution < 1.29 is 4.74 Å². The summed E-state index contributed by atoms with van der Waals surface area (Å²) in [6.45, 7) is 2.88. The molecular formula is C7H14N2O. The summed E-state index contributed by atoms with van der Waals surface area (Å²) in [5, 5.41) is 1.87. The first-order valence-corrected chi connectivity index (χ1v) is 3.94. The average molecular weight is 142 g/mol. The molecule has 2 aliphatic heterocycles. The van der Waals surface area contributed by atoms with Crippen LogP contribution in [0, 0.1) is 0 Å². The zero-order chi connectivity index (χ0) is 7.03. The Kier molecular flexibility index (Phi) is 1.44. The van der Waals surface area contributed by atoms with E-state index in [0.717, 1.165) is 26.1 Å². The van der Waals surface area contributed by atoms with Crippen LogP contribution in [-0.2, 0) is 4.74 Å². The topological polar surface area (TPSA) is 38.5 Å². The Morgan fingerprint density at radius 2 is 2.30 bits per heavy atom. The lowest BCUT2D eigenvalue weighted by atomic mass is 10.00. The molecule has 0 aromatic rings. The maximum Gasteiger partial charge on any atom is 0.0836 e. The third kappa shape index (κ3) is 0.944. The highest BCUT2D eigenvalue weighted by Crippen LogP contribution is 2.33. The van der Waals surface area contributed by atoms with Crippen LogP contribution in [0.1, 0.15) is 19.3 Å². The summed E-state index contributed by atoms with van der Waals surface area (Å²) >= 11 is 0. The maximum absolute atomic E-state index is 5.65. The molecule has 2 heterocycles. The minimum absolute atomic E-state index is 0.161. The second-order valence-corrected chi connectivity index (χ2v) is 3.36. The summed E-state index contributed by atoms with van der Waals surface area (Å²) < 4.78 is 5.65. The van der Waals surface area contributed by atoms with Crippen LogP contribution < -0.4 is 5.84 Å². The van der Waals surface area contributed by atoms with E-state index in [2.05, 4.69) is 0 Å². The number of nitrogens with two attached hydrogens (primary N) is 1. The van der Waals surface area contributed by atoms with E-state index in [1.54, 1.807) is 0 Å². The maximum atomic E-state index is 5.65. The van der Waals surface area contributed by atoms with Crippen molar-refractivity contribution in [3.63, 3.8) is 0 Å². The van der Waals surface area contributed by atoms with E-state index in [4.69, 9.17) is 10.6 Å². The molecule has 1 spiro atoms. The normalized spacial score (nSPS) is 41.7. The van der Waals surface area contributed by atoms with Crippen molar-refractivity contribution in [2.24, 2.45) is 5.84 Å². The van der Waals surface area contributed by atoms with Crippen LogP contribution in [0.2, 0.25) is 0 Å². The Bertz CT molecular complexity index is 132. The van der Waals surface area contributed by atoms with Crippen LogP contribution in [0.5, 0.6) is 0 Å². The second kappa shape index (κ2) is 2.19. The summed E-state index contributed by atoms with van der Waals surface area (Å²) in [6.07, 6.45) is 3.55. The molecule has 2 saturated heterocycles. The number of hydrogen-bond acceptors (Lipinski definition) is 3. The molecular weight excluding hydrogens is 128 g/mol. The summed E-state index contributed by atoms with van der Waals surface area (Å²) in [5.41, 5.74) is 0.161. The van der Waals surface area contributed by atoms with E-state index in [-0.39, 0.29) is 5.60 Å². The molecule has 1 unspecified atom stereocenters. The molecule has 0 aromatic carbocycles. The third-order valence-corrected chi connectivity index (χ3v) is 2.53. The molecule has 1 atom stereocenters. The molecule has 0 aromatic heterocycles. The van der Waals surface area contributed by atoms with Crippen LogP contribution in [0.15, 0.2) is 0 Å². The molecule has 0 radical (unpaired) electrons. The largest absolute Gasteiger partial charge is 0.374 e. The van der Waals surface area contributed by atoms with Gasteiger partial charge in [0.2, 0.25) is 0 Å². The van der Waals surface area contributed by atoms with Gasteiger partial charge in [0, 0.05) is 19.7 Å². The van der Waals surface area contributed by atoms with Gasteiger partial charge in [-0.2, -0.15) is 0 Å². The van der Waals surface area contributed by atoms with Crippen molar-refractivity contribution in [1.82, 2.24) is 5.01 Å². The standard InChI is InChI=1S/C7H14N2O/c8-9-4-3-7(6-9)2-1-5-10-7/h1-6,8H2. The van der Waals surface area contributed by atoms with Gasteiger partial charge in [-0.25, -0.2) is 5.01 Å². The van der Waals surface area contributed by atoms with Crippen LogP contribution >= 0.6 is 0 Å². The summed E-state index contributed by atoms with van der Waals surface area (Å²) in [6, 6.07) is 0. The van der Waals surface area contributed by atoms with E-state index < -0.39 is 0 Å². The van der Waals surface area contributed by atoms with Crippen molar-refractivity contribution in [3.05, 3.63) is 0 Å². The third-order valence-electron chi connectivity index (χ3n) is 2.53. The minimum Gasteiger partial charge on any atom is -0.374 e. The van der Waals surface area contributed by atoms with Crippen LogP contribution in [0.3, 0.4) is 0 Å². The molecule has 3 nitrogen and oxygen atoms in total. The molecule has 2 aliphatic rings. The van der Waals surface area contributed by atoms with Crippen molar-refractivity contribution >= 4 is 0 Å². The lowest BCUT2D eigenvalue weighted by Gasteiger charge is -2.21. The van der Waals surface area contributed by atoms with E-state index in [1.165, 1.54) is 12.8 Å². The lowest BCUT2D eigenvalue weighted by molar-refractivity contribution is 0.0128. The first-order chi connectivity index (χ1) is 4.81. The number of rotatable bonds is 0. The van der Waals surface area contributed by atoms with Gasteiger partial charge in [0.15, 0.2) is 0 Å². The van der Waals surface area contributed by atoms with Crippen molar-refractivity contribution in [2.75, 3.05) is 19.7 Å². The highest BCUT2D eigenvalue weighted by molar-refractivity contribution is 4.92. The van der Waals surface area contributed by atoms with Gasteiger partial charge in [0.1, 0.15) is 0 Å². The number of ether oxygens (including phenoxy) is 1. The Morgan fingerprint density at radius 3 is 2.80 bits per heavy atom. The minimum atomic E-state index is 0.161. The second-order valence-electron chi connectivity index (χ2n) is 3.36. The highest BCUT2D eigenvalue weighted by Gasteiger charge is 2.40. The van der Waals surface area contributed by atoms with Crippen molar-refractivity contribution in [1.29, 1.82) is 0 Å². The van der Waals surface area contributed by atoms with Crippen LogP contribution in [0.25, 0.3) is 0 Å². The molecule has 2 N–H and O–H groups in total. The molecule has 0 bridgehead atoms. The Labute approximate surface area is 61.1 Å². The van der Waals surface area contributed by atoms with Crippen LogP contribution in [0.4, 0.5) is 0 Å². The van der Waals surface area contributed by atoms with Crippen molar-refractivity contribution in [2.45, 2.75) is 24.9 Å². The number of hydrazine groups is 1. The Hall–Kier alpha value is -0.120. The van der Waals surface area contributed by atoms with E-state index in [0.29, 0.717) is 0 Å². The summed E-state index contributed by atoms with van der Waals surface area (Å²) in [4.78, 5) is 0. The van der Waals surface area contributed by atoms with E-state index in [1.807, 2.05) is 5.01 Å². The first kappa shape index (κ1) is 6.58. The summed E-state index contributed by atoms with van der Waals surface area (Å²) in [7, 11) is 0. The zero-order valence-electron chi connectivity index (χ0n) is 6.18. The number of hydrogen-bond donors (Lipinski definition) is 1. The fourth-order valence-corrected chi connectivity index (χ4v) is 1.95. The van der Waals surface area contributed by atoms with Crippen molar-refractivity contribution in [3.8, 4) is 0 Å². The van der Waals surface area contributed by atoms with Gasteiger partial charge in [-0.05, 0) is 19.3 Å². The first-order valence-electron chi connectivity index (χ1n) is 3.94. The Balaban J connectivity index is 2.03. The van der Waals surface area contributed by atoms with Gasteiger partial charge < -0.3 is 4.74 Å². The van der Waals surface area contributed by atoms with Gasteiger partial charge in [-0.3, -0.25) is 5.84 Å². The van der Waals surface area contributed by atoms with E-state index in [9.17, 15) is 0 Å². The predicted octanol–water partition coefficient (Wildman–Crippen LogP) is 0.115. The smallest absolute Gasteiger partial charge is 0.0836 e. The van der Waals surface area contributed by atoms with E-state index >= 15 is 0 Å². The summed E-state index contributed by atoms with van der Waals surface area (Å²) in [5.74, 6) is 5.64. The predicted molar refractivity (Wildman–Crippen MR) is 38.3 cm³/mol. The molecule has 0 aliphatic carbocycles. The Morgan fingerprint density at radius 1 is 1.40 bits per heavy atom. The van der Waals surface area contributed by atoms with Gasteiger partial charge in [0.25, 0.3) is 0 Å². The fourth-order valence-electron chi connectivity index (χ4n) is 1.95. The molecule has 3 heteroatoms. The quantitative estimate of drug-likeness (QED) is 0.488. The fraction of sp³-hybridized carbons (Fsp3) is 1.00. The van der Waals surface area contributed by atoms with Gasteiger partial charge in [-0.1, -0.05) is 0 Å². The molecule has 0 saturated carbocycles. The SMILES string of the molecule is NN1CCC2(CCCO2)C1. The molecule has 58 valence electrons. The average Bonchev–Trinajstić information content (AvgIpc) is 2.46. The molecule has 2 rings (SSSR count). The molecule has 0 amide bonds. The lowest BCUT2D eigenvalue weighted by Crippen LogP contribution is -2.35. The highest BCUT2D eigenvalue weighted by atomic mass is 16.5. The zero-order valence-corrected chi connectivity index (χ0v) is 6.18. The monoisotopic (exact) mass is 142 g/mol. The number of nitrogens with zero attached hydrogens (tertiary/aromatic N) is 1. The van der Waals surface area contributed by atoms with Crippen LogP contribution in [-0.4, -0.2) is 30.3 Å². The van der Waals surface area contributed by atoms with Gasteiger partial charge in [-0.15, -0.1) is 0 Å². The molecule has 10 heavy (non-hydrogen) atoms.